The van der Waals surface area contributed by atoms with Gasteiger partial charge in [-0.25, -0.2) is 4.39 Å². The Balaban J connectivity index is 0.00000231. The van der Waals surface area contributed by atoms with Crippen molar-refractivity contribution in [1.82, 2.24) is 14.8 Å². The molecular weight excluding hydrogens is 438 g/mol. The SMILES string of the molecule is Cl.Cn1c(N2CCC(Oc3ccc(F)cc3Cl)CC2)nnc1C1(c2ccccc2)CC1. The summed E-state index contributed by atoms with van der Waals surface area (Å²) in [5.41, 5.74) is 1.32. The number of hydrogen-bond donors (Lipinski definition) is 0. The minimum absolute atomic E-state index is 0. The molecule has 0 radical (unpaired) electrons. The van der Waals surface area contributed by atoms with Gasteiger partial charge in [0.1, 0.15) is 23.5 Å². The van der Waals surface area contributed by atoms with Gasteiger partial charge in [0.25, 0.3) is 0 Å². The fourth-order valence-electron chi connectivity index (χ4n) is 4.46. The maximum absolute atomic E-state index is 13.2. The molecule has 1 saturated carbocycles. The van der Waals surface area contributed by atoms with Crippen LogP contribution in [0.5, 0.6) is 5.75 Å². The zero-order valence-corrected chi connectivity index (χ0v) is 18.9. The van der Waals surface area contributed by atoms with Crippen LogP contribution in [0.4, 0.5) is 10.3 Å². The highest BCUT2D eigenvalue weighted by molar-refractivity contribution is 6.32. The molecule has 1 aliphatic heterocycles. The van der Waals surface area contributed by atoms with Crippen LogP contribution in [0, 0.1) is 5.82 Å². The van der Waals surface area contributed by atoms with E-state index in [1.165, 1.54) is 17.7 Å². The number of anilines is 1. The van der Waals surface area contributed by atoms with Gasteiger partial charge in [-0.05, 0) is 36.6 Å². The summed E-state index contributed by atoms with van der Waals surface area (Å²) in [5, 5.41) is 9.45. The first kappa shape index (κ1) is 21.9. The molecule has 3 aromatic rings. The first-order valence-electron chi connectivity index (χ1n) is 10.4. The largest absolute Gasteiger partial charge is 0.489 e. The summed E-state index contributed by atoms with van der Waals surface area (Å²) in [6.45, 7) is 1.65. The molecule has 2 heterocycles. The quantitative estimate of drug-likeness (QED) is 0.525. The van der Waals surface area contributed by atoms with E-state index >= 15 is 0 Å². The summed E-state index contributed by atoms with van der Waals surface area (Å²) in [4.78, 5) is 2.27. The van der Waals surface area contributed by atoms with Crippen LogP contribution in [0.1, 0.15) is 37.1 Å². The molecule has 2 aromatic carbocycles. The van der Waals surface area contributed by atoms with Crippen LogP contribution >= 0.6 is 24.0 Å². The molecule has 164 valence electrons. The molecule has 0 N–H and O–H groups in total. The lowest BCUT2D eigenvalue weighted by Crippen LogP contribution is -2.39. The number of benzene rings is 2. The standard InChI is InChI=1S/C23H24ClFN4O.ClH/c1-28-21(23(11-12-23)16-5-3-2-4-6-16)26-27-22(28)29-13-9-18(10-14-29)30-20-8-7-17(25)15-19(20)24;/h2-8,15,18H,9-14H2,1H3;1H. The topological polar surface area (TPSA) is 43.2 Å². The monoisotopic (exact) mass is 462 g/mol. The molecule has 8 heteroatoms. The lowest BCUT2D eigenvalue weighted by molar-refractivity contribution is 0.170. The number of aromatic nitrogens is 3. The Morgan fingerprint density at radius 1 is 1.06 bits per heavy atom. The fraction of sp³-hybridized carbons (Fsp3) is 0.391. The van der Waals surface area contributed by atoms with E-state index in [0.717, 1.165) is 50.5 Å². The third-order valence-corrected chi connectivity index (χ3v) is 6.56. The van der Waals surface area contributed by atoms with Crippen molar-refractivity contribution in [2.45, 2.75) is 37.2 Å². The molecule has 31 heavy (non-hydrogen) atoms. The normalized spacial score (nSPS) is 17.8. The second kappa shape index (κ2) is 8.67. The van der Waals surface area contributed by atoms with Crippen LogP contribution in [0.2, 0.25) is 5.02 Å². The highest BCUT2D eigenvalue weighted by Crippen LogP contribution is 2.53. The molecule has 2 fully saturated rings. The van der Waals surface area contributed by atoms with Crippen LogP contribution < -0.4 is 9.64 Å². The Kier molecular flexibility index (Phi) is 6.13. The van der Waals surface area contributed by atoms with Crippen molar-refractivity contribution in [1.29, 1.82) is 0 Å². The van der Waals surface area contributed by atoms with E-state index in [-0.39, 0.29) is 29.7 Å². The number of rotatable bonds is 5. The Morgan fingerprint density at radius 3 is 2.42 bits per heavy atom. The Morgan fingerprint density at radius 2 is 1.77 bits per heavy atom. The maximum Gasteiger partial charge on any atom is 0.226 e. The molecule has 0 atom stereocenters. The minimum atomic E-state index is -0.357. The number of piperidine rings is 1. The molecule has 0 spiro atoms. The van der Waals surface area contributed by atoms with Gasteiger partial charge >= 0.3 is 0 Å². The molecule has 5 rings (SSSR count). The van der Waals surface area contributed by atoms with Crippen molar-refractivity contribution in [3.05, 3.63) is 70.8 Å². The summed E-state index contributed by atoms with van der Waals surface area (Å²) in [7, 11) is 2.06. The average molecular weight is 463 g/mol. The fourth-order valence-corrected chi connectivity index (χ4v) is 4.67. The zero-order chi connectivity index (χ0) is 20.7. The van der Waals surface area contributed by atoms with Crippen molar-refractivity contribution < 1.29 is 9.13 Å². The van der Waals surface area contributed by atoms with Gasteiger partial charge < -0.3 is 9.64 Å². The summed E-state index contributed by atoms with van der Waals surface area (Å²) in [5.74, 6) is 2.13. The van der Waals surface area contributed by atoms with Gasteiger partial charge in [-0.2, -0.15) is 0 Å². The molecule has 0 unspecified atom stereocenters. The smallest absolute Gasteiger partial charge is 0.226 e. The highest BCUT2D eigenvalue weighted by atomic mass is 35.5. The minimum Gasteiger partial charge on any atom is -0.489 e. The van der Waals surface area contributed by atoms with Crippen LogP contribution in [-0.2, 0) is 12.5 Å². The maximum atomic E-state index is 13.2. The van der Waals surface area contributed by atoms with Crippen LogP contribution in [0.15, 0.2) is 48.5 Å². The second-order valence-corrected chi connectivity index (χ2v) is 8.62. The van der Waals surface area contributed by atoms with Gasteiger partial charge in [0.2, 0.25) is 5.95 Å². The number of nitrogens with zero attached hydrogens (tertiary/aromatic N) is 4. The predicted molar refractivity (Wildman–Crippen MR) is 122 cm³/mol. The van der Waals surface area contributed by atoms with E-state index in [9.17, 15) is 4.39 Å². The third-order valence-electron chi connectivity index (χ3n) is 6.27. The van der Waals surface area contributed by atoms with Crippen LogP contribution in [0.25, 0.3) is 0 Å². The van der Waals surface area contributed by atoms with Gasteiger partial charge in [0.05, 0.1) is 10.4 Å². The van der Waals surface area contributed by atoms with E-state index in [2.05, 4.69) is 51.0 Å². The van der Waals surface area contributed by atoms with Gasteiger partial charge in [-0.1, -0.05) is 41.9 Å². The first-order valence-corrected chi connectivity index (χ1v) is 10.8. The lowest BCUT2D eigenvalue weighted by Gasteiger charge is -2.32. The third kappa shape index (κ3) is 4.11. The molecule has 1 aromatic heterocycles. The van der Waals surface area contributed by atoms with Crippen molar-refractivity contribution in [3.8, 4) is 5.75 Å². The second-order valence-electron chi connectivity index (χ2n) is 8.21. The van der Waals surface area contributed by atoms with Crippen LogP contribution in [-0.4, -0.2) is 34.0 Å². The Bertz CT molecular complexity index is 1050. The first-order chi connectivity index (χ1) is 14.6. The number of hydrogen-bond acceptors (Lipinski definition) is 4. The summed E-state index contributed by atoms with van der Waals surface area (Å²) < 4.78 is 21.4. The molecule has 0 bridgehead atoms. The van der Waals surface area contributed by atoms with Gasteiger partial charge in [-0.3, -0.25) is 4.57 Å². The molecule has 1 aliphatic carbocycles. The Hall–Kier alpha value is -2.31. The van der Waals surface area contributed by atoms with E-state index in [4.69, 9.17) is 16.3 Å². The molecule has 1 saturated heterocycles. The average Bonchev–Trinajstić information content (AvgIpc) is 3.48. The predicted octanol–water partition coefficient (Wildman–Crippen LogP) is 5.16. The highest BCUT2D eigenvalue weighted by Gasteiger charge is 2.50. The van der Waals surface area contributed by atoms with E-state index in [0.29, 0.717) is 10.8 Å². The Labute approximate surface area is 192 Å². The van der Waals surface area contributed by atoms with E-state index in [1.807, 2.05) is 6.07 Å². The molecular formula is C23H25Cl2FN4O. The van der Waals surface area contributed by atoms with Crippen molar-refractivity contribution in [2.24, 2.45) is 7.05 Å². The van der Waals surface area contributed by atoms with E-state index < -0.39 is 0 Å². The molecule has 2 aliphatic rings. The van der Waals surface area contributed by atoms with Crippen molar-refractivity contribution >= 4 is 30.0 Å². The molecule has 0 amide bonds. The van der Waals surface area contributed by atoms with Gasteiger partial charge in [0, 0.05) is 33.0 Å². The zero-order valence-electron chi connectivity index (χ0n) is 17.3. The van der Waals surface area contributed by atoms with E-state index in [1.54, 1.807) is 6.07 Å². The number of ether oxygens (including phenoxy) is 1. The number of halogens is 3. The van der Waals surface area contributed by atoms with Crippen LogP contribution in [0.3, 0.4) is 0 Å². The van der Waals surface area contributed by atoms with Crippen molar-refractivity contribution in [3.63, 3.8) is 0 Å². The lowest BCUT2D eigenvalue weighted by atomic mass is 9.95. The van der Waals surface area contributed by atoms with Crippen molar-refractivity contribution in [2.75, 3.05) is 18.0 Å². The summed E-state index contributed by atoms with van der Waals surface area (Å²) >= 11 is 6.10. The van der Waals surface area contributed by atoms with Gasteiger partial charge in [-0.15, -0.1) is 22.6 Å². The van der Waals surface area contributed by atoms with Gasteiger partial charge in [0.15, 0.2) is 0 Å². The molecule has 5 nitrogen and oxygen atoms in total. The summed E-state index contributed by atoms with van der Waals surface area (Å²) in [6, 6.07) is 14.8. The summed E-state index contributed by atoms with van der Waals surface area (Å²) in [6.07, 6.45) is 3.96.